The van der Waals surface area contributed by atoms with Crippen molar-refractivity contribution in [3.05, 3.63) is 66.6 Å². The molecule has 0 spiro atoms. The lowest BCUT2D eigenvalue weighted by Gasteiger charge is -2.12. The maximum absolute atomic E-state index is 12.8. The predicted octanol–water partition coefficient (Wildman–Crippen LogP) is 3.85. The number of carbonyl (C=O) groups excluding carboxylic acids is 1. The van der Waals surface area contributed by atoms with Gasteiger partial charge in [0.25, 0.3) is 5.91 Å². The lowest BCUT2D eigenvalue weighted by molar-refractivity contribution is 0.0939. The molecular formula is C20H22N4O. The van der Waals surface area contributed by atoms with Crippen molar-refractivity contribution in [1.82, 2.24) is 20.1 Å². The molecule has 1 unspecified atom stereocenters. The van der Waals surface area contributed by atoms with Crippen LogP contribution < -0.4 is 5.32 Å². The number of aromatic nitrogens is 3. The molecule has 3 aromatic rings. The summed E-state index contributed by atoms with van der Waals surface area (Å²) in [4.78, 5) is 16.9. The number of nitrogens with zero attached hydrogens (tertiary/aromatic N) is 3. The number of hydrogen-bond donors (Lipinski definition) is 1. The minimum atomic E-state index is -0.109. The van der Waals surface area contributed by atoms with Gasteiger partial charge in [0.05, 0.1) is 11.3 Å². The van der Waals surface area contributed by atoms with Crippen molar-refractivity contribution in [3.63, 3.8) is 0 Å². The normalized spacial score (nSPS) is 11.9. The summed E-state index contributed by atoms with van der Waals surface area (Å²) in [7, 11) is 0. The Morgan fingerprint density at radius 2 is 2.00 bits per heavy atom. The highest BCUT2D eigenvalue weighted by molar-refractivity contribution is 6.00. The molecule has 1 N–H and O–H groups in total. The number of benzene rings is 1. The van der Waals surface area contributed by atoms with Gasteiger partial charge in [0.15, 0.2) is 0 Å². The van der Waals surface area contributed by atoms with E-state index in [-0.39, 0.29) is 11.9 Å². The average molecular weight is 334 g/mol. The van der Waals surface area contributed by atoms with Crippen LogP contribution in [0.2, 0.25) is 0 Å². The van der Waals surface area contributed by atoms with E-state index in [1.807, 2.05) is 49.4 Å². The van der Waals surface area contributed by atoms with Crippen molar-refractivity contribution < 1.29 is 4.79 Å². The number of pyridine rings is 1. The standard InChI is InChI=1S/C20H22N4O/c1-3-8-15(2)22-20(25)18-14-24(17-10-5-4-6-11-17)23-19(18)16-9-7-12-21-13-16/h4-7,9-15H,3,8H2,1-2H3,(H,22,25). The number of hydrogen-bond acceptors (Lipinski definition) is 3. The van der Waals surface area contributed by atoms with E-state index in [4.69, 9.17) is 0 Å². The monoisotopic (exact) mass is 334 g/mol. The first-order chi connectivity index (χ1) is 12.2. The van der Waals surface area contributed by atoms with Gasteiger partial charge in [0.2, 0.25) is 0 Å². The van der Waals surface area contributed by atoms with Gasteiger partial charge in [0, 0.05) is 30.2 Å². The second-order valence-corrected chi connectivity index (χ2v) is 6.08. The van der Waals surface area contributed by atoms with Gasteiger partial charge >= 0.3 is 0 Å². The Kier molecular flexibility index (Phi) is 5.23. The minimum absolute atomic E-state index is 0.109. The van der Waals surface area contributed by atoms with Gasteiger partial charge in [-0.1, -0.05) is 31.5 Å². The van der Waals surface area contributed by atoms with Crippen LogP contribution in [0.15, 0.2) is 61.1 Å². The van der Waals surface area contributed by atoms with Crippen LogP contribution in [0.4, 0.5) is 0 Å². The van der Waals surface area contributed by atoms with Gasteiger partial charge in [0.1, 0.15) is 5.69 Å². The lowest BCUT2D eigenvalue weighted by Crippen LogP contribution is -2.32. The van der Waals surface area contributed by atoms with Crippen LogP contribution in [0.3, 0.4) is 0 Å². The van der Waals surface area contributed by atoms with Crippen LogP contribution in [-0.4, -0.2) is 26.7 Å². The summed E-state index contributed by atoms with van der Waals surface area (Å²) in [6.07, 6.45) is 7.19. The molecule has 1 amide bonds. The quantitative estimate of drug-likeness (QED) is 0.745. The van der Waals surface area contributed by atoms with Crippen LogP contribution >= 0.6 is 0 Å². The molecule has 128 valence electrons. The molecule has 3 rings (SSSR count). The fourth-order valence-electron chi connectivity index (χ4n) is 2.78. The zero-order valence-corrected chi connectivity index (χ0v) is 14.5. The number of carbonyl (C=O) groups is 1. The maximum atomic E-state index is 12.8. The summed E-state index contributed by atoms with van der Waals surface area (Å²) in [5.41, 5.74) is 2.93. The van der Waals surface area contributed by atoms with Gasteiger partial charge in [-0.15, -0.1) is 0 Å². The molecule has 0 fully saturated rings. The summed E-state index contributed by atoms with van der Waals surface area (Å²) in [6, 6.07) is 13.7. The topological polar surface area (TPSA) is 59.8 Å². The van der Waals surface area contributed by atoms with Crippen molar-refractivity contribution in [2.75, 3.05) is 0 Å². The zero-order chi connectivity index (χ0) is 17.6. The maximum Gasteiger partial charge on any atom is 0.255 e. The van der Waals surface area contributed by atoms with Crippen molar-refractivity contribution in [2.45, 2.75) is 32.7 Å². The summed E-state index contributed by atoms with van der Waals surface area (Å²) in [5, 5.41) is 7.70. The Bertz CT molecular complexity index is 827. The molecule has 1 atom stereocenters. The largest absolute Gasteiger partial charge is 0.349 e. The van der Waals surface area contributed by atoms with E-state index in [0.717, 1.165) is 24.1 Å². The Hall–Kier alpha value is -2.95. The molecule has 0 saturated heterocycles. The van der Waals surface area contributed by atoms with Gasteiger partial charge in [-0.2, -0.15) is 5.10 Å². The smallest absolute Gasteiger partial charge is 0.255 e. The molecule has 0 radical (unpaired) electrons. The van der Waals surface area contributed by atoms with Crippen molar-refractivity contribution in [2.24, 2.45) is 0 Å². The molecule has 2 heterocycles. The zero-order valence-electron chi connectivity index (χ0n) is 14.5. The third-order valence-corrected chi connectivity index (χ3v) is 4.01. The highest BCUT2D eigenvalue weighted by Crippen LogP contribution is 2.23. The molecule has 5 heteroatoms. The van der Waals surface area contributed by atoms with E-state index >= 15 is 0 Å². The first kappa shape index (κ1) is 16.9. The van der Waals surface area contributed by atoms with E-state index in [1.54, 1.807) is 23.3 Å². The fourth-order valence-corrected chi connectivity index (χ4v) is 2.78. The van der Waals surface area contributed by atoms with E-state index in [2.05, 4.69) is 22.3 Å². The van der Waals surface area contributed by atoms with Crippen LogP contribution in [0, 0.1) is 0 Å². The summed E-state index contributed by atoms with van der Waals surface area (Å²) < 4.78 is 1.74. The SMILES string of the molecule is CCCC(C)NC(=O)c1cn(-c2ccccc2)nc1-c1cccnc1. The fraction of sp³-hybridized carbons (Fsp3) is 0.250. The third kappa shape index (κ3) is 3.94. The molecule has 0 bridgehead atoms. The minimum Gasteiger partial charge on any atom is -0.349 e. The molecule has 1 aromatic carbocycles. The predicted molar refractivity (Wildman–Crippen MR) is 98.6 cm³/mol. The summed E-state index contributed by atoms with van der Waals surface area (Å²) in [5.74, 6) is -0.109. The number of para-hydroxylation sites is 1. The van der Waals surface area contributed by atoms with Crippen molar-refractivity contribution >= 4 is 5.91 Å². The van der Waals surface area contributed by atoms with E-state index in [9.17, 15) is 4.79 Å². The third-order valence-electron chi connectivity index (χ3n) is 4.01. The van der Waals surface area contributed by atoms with Gasteiger partial charge < -0.3 is 5.32 Å². The van der Waals surface area contributed by atoms with E-state index in [0.29, 0.717) is 11.3 Å². The Labute approximate surface area is 147 Å². The van der Waals surface area contributed by atoms with Crippen LogP contribution in [-0.2, 0) is 0 Å². The summed E-state index contributed by atoms with van der Waals surface area (Å²) >= 11 is 0. The van der Waals surface area contributed by atoms with Crippen molar-refractivity contribution in [3.8, 4) is 16.9 Å². The molecule has 25 heavy (non-hydrogen) atoms. The van der Waals surface area contributed by atoms with Crippen LogP contribution in [0.5, 0.6) is 0 Å². The molecule has 0 aliphatic carbocycles. The molecule has 0 aliphatic heterocycles. The van der Waals surface area contributed by atoms with E-state index < -0.39 is 0 Å². The van der Waals surface area contributed by atoms with Crippen LogP contribution in [0.25, 0.3) is 16.9 Å². The average Bonchev–Trinajstić information content (AvgIpc) is 3.09. The van der Waals surface area contributed by atoms with Gasteiger partial charge in [-0.25, -0.2) is 4.68 Å². The molecule has 0 aliphatic rings. The molecule has 5 nitrogen and oxygen atoms in total. The number of nitrogens with one attached hydrogen (secondary N) is 1. The number of amides is 1. The Morgan fingerprint density at radius 3 is 2.68 bits per heavy atom. The lowest BCUT2D eigenvalue weighted by atomic mass is 10.1. The molecule has 0 saturated carbocycles. The molecule has 2 aromatic heterocycles. The Balaban J connectivity index is 2.00. The highest BCUT2D eigenvalue weighted by Gasteiger charge is 2.19. The molecular weight excluding hydrogens is 312 g/mol. The highest BCUT2D eigenvalue weighted by atomic mass is 16.1. The van der Waals surface area contributed by atoms with E-state index in [1.165, 1.54) is 0 Å². The number of rotatable bonds is 6. The van der Waals surface area contributed by atoms with Crippen LogP contribution in [0.1, 0.15) is 37.0 Å². The second-order valence-electron chi connectivity index (χ2n) is 6.08. The first-order valence-corrected chi connectivity index (χ1v) is 8.55. The van der Waals surface area contributed by atoms with Gasteiger partial charge in [-0.3, -0.25) is 9.78 Å². The Morgan fingerprint density at radius 1 is 1.20 bits per heavy atom. The second kappa shape index (κ2) is 7.75. The van der Waals surface area contributed by atoms with Gasteiger partial charge in [-0.05, 0) is 37.6 Å². The first-order valence-electron chi connectivity index (χ1n) is 8.55. The van der Waals surface area contributed by atoms with Crippen molar-refractivity contribution in [1.29, 1.82) is 0 Å². The summed E-state index contributed by atoms with van der Waals surface area (Å²) in [6.45, 7) is 4.13.